The van der Waals surface area contributed by atoms with Crippen LogP contribution < -0.4 is 5.43 Å². The van der Waals surface area contributed by atoms with Crippen molar-refractivity contribution in [2.75, 3.05) is 6.16 Å². The van der Waals surface area contributed by atoms with Gasteiger partial charge in [0.25, 0.3) is 0 Å². The van der Waals surface area contributed by atoms with E-state index in [1.54, 1.807) is 0 Å². The Hall–Kier alpha value is -2.41. The highest BCUT2D eigenvalue weighted by Gasteiger charge is 2.24. The van der Waals surface area contributed by atoms with Crippen molar-refractivity contribution in [2.45, 2.75) is 0 Å². The van der Waals surface area contributed by atoms with Gasteiger partial charge in [-0.2, -0.15) is 0 Å². The van der Waals surface area contributed by atoms with Crippen LogP contribution in [-0.4, -0.2) is 37.1 Å². The van der Waals surface area contributed by atoms with Crippen molar-refractivity contribution in [1.82, 2.24) is 0 Å². The van der Waals surface area contributed by atoms with Gasteiger partial charge in [-0.05, 0) is 12.1 Å². The average Bonchev–Trinajstić information content (AvgIpc) is 2.53. The van der Waals surface area contributed by atoms with Crippen LogP contribution in [0.3, 0.4) is 0 Å². The first-order valence-electron chi connectivity index (χ1n) is 5.90. The van der Waals surface area contributed by atoms with Crippen molar-refractivity contribution in [2.24, 2.45) is 0 Å². The molecule has 0 radical (unpaired) electrons. The highest BCUT2D eigenvalue weighted by Crippen LogP contribution is 2.41. The second-order valence-corrected chi connectivity index (χ2v) is 6.21. The molecule has 0 aromatic heterocycles. The predicted octanol–water partition coefficient (Wildman–Crippen LogP) is 0.677. The highest BCUT2D eigenvalue weighted by atomic mass is 31.2. The molecule has 0 saturated heterocycles. The van der Waals surface area contributed by atoms with Gasteiger partial charge < -0.3 is 25.1 Å². The number of hydrogen-bond acceptors (Lipinski definition) is 6. The quantitative estimate of drug-likeness (QED) is 0.313. The molecule has 9 heteroatoms. The molecule has 8 nitrogen and oxygen atoms in total. The standard InChI is InChI=1S/C13H11O8P/c14-8-3-1-2-6-7(10(16)5-22(19,20)21)4-9(15)13(18)11(6)12(8)17/h1-4,15,18H,5H2,(H,14,17)(H2,19,20,21). The van der Waals surface area contributed by atoms with Gasteiger partial charge >= 0.3 is 7.60 Å². The van der Waals surface area contributed by atoms with E-state index in [0.717, 1.165) is 12.1 Å². The maximum Gasteiger partial charge on any atom is 0.333 e. The number of hydrogen-bond donors (Lipinski definition) is 5. The molecule has 2 aromatic carbocycles. The second kappa shape index (κ2) is 5.42. The van der Waals surface area contributed by atoms with E-state index in [1.165, 1.54) is 12.1 Å². The molecule has 5 N–H and O–H groups in total. The largest absolute Gasteiger partial charge is 0.504 e. The lowest BCUT2D eigenvalue weighted by atomic mass is 10.0. The minimum atomic E-state index is -4.65. The van der Waals surface area contributed by atoms with E-state index < -0.39 is 47.6 Å². The Kier molecular flexibility index (Phi) is 3.93. The summed E-state index contributed by atoms with van der Waals surface area (Å²) < 4.78 is 10.9. The van der Waals surface area contributed by atoms with Gasteiger partial charge in [-0.1, -0.05) is 12.1 Å². The Bertz CT molecular complexity index is 883. The first-order valence-corrected chi connectivity index (χ1v) is 7.70. The molecule has 0 amide bonds. The molecular weight excluding hydrogens is 315 g/mol. The normalized spacial score (nSPS) is 11.5. The third kappa shape index (κ3) is 2.94. The number of carbonyl (C=O) groups excluding carboxylic acids is 1. The summed E-state index contributed by atoms with van der Waals surface area (Å²) in [5.41, 5.74) is -1.19. The van der Waals surface area contributed by atoms with Crippen molar-refractivity contribution >= 4 is 24.2 Å². The lowest BCUT2D eigenvalue weighted by Gasteiger charge is -2.09. The Morgan fingerprint density at radius 2 is 1.73 bits per heavy atom. The Labute approximate surface area is 123 Å². The van der Waals surface area contributed by atoms with Gasteiger partial charge in [-0.15, -0.1) is 0 Å². The molecule has 0 unspecified atom stereocenters. The summed E-state index contributed by atoms with van der Waals surface area (Å²) in [6, 6.07) is 4.21. The molecule has 2 rings (SSSR count). The smallest absolute Gasteiger partial charge is 0.333 e. The molecule has 0 bridgehead atoms. The first-order chi connectivity index (χ1) is 10.1. The molecule has 2 aromatic rings. The molecule has 0 heterocycles. The fourth-order valence-electron chi connectivity index (χ4n) is 2.02. The monoisotopic (exact) mass is 326 g/mol. The van der Waals surface area contributed by atoms with Crippen LogP contribution in [0.25, 0.3) is 10.8 Å². The molecule has 116 valence electrons. The van der Waals surface area contributed by atoms with Crippen LogP contribution in [0.15, 0.2) is 29.1 Å². The molecule has 0 aliphatic rings. The third-order valence-corrected chi connectivity index (χ3v) is 3.65. The van der Waals surface area contributed by atoms with Crippen LogP contribution >= 0.6 is 7.60 Å². The Morgan fingerprint density at radius 1 is 1.09 bits per heavy atom. The molecule has 0 fully saturated rings. The maximum absolute atomic E-state index is 12.0. The van der Waals surface area contributed by atoms with E-state index in [0.29, 0.717) is 0 Å². The number of carbonyl (C=O) groups is 1. The number of benzene rings is 1. The third-order valence-electron chi connectivity index (χ3n) is 2.95. The minimum absolute atomic E-state index is 0.117. The fourth-order valence-corrected chi connectivity index (χ4v) is 2.57. The van der Waals surface area contributed by atoms with E-state index in [4.69, 9.17) is 9.79 Å². The SMILES string of the molecule is O=C(CP(=O)(O)O)c1cc(O)c(O)c2c(O)c(=O)cccc12. The average molecular weight is 326 g/mol. The number of phenolic OH excluding ortho intramolecular Hbond substituents is 2. The van der Waals surface area contributed by atoms with Crippen LogP contribution in [0, 0.1) is 0 Å². The molecular formula is C13H11O8P. The van der Waals surface area contributed by atoms with Crippen molar-refractivity contribution in [1.29, 1.82) is 0 Å². The lowest BCUT2D eigenvalue weighted by molar-refractivity contribution is 0.101. The Balaban J connectivity index is 2.89. The molecule has 0 saturated carbocycles. The van der Waals surface area contributed by atoms with Gasteiger partial charge in [0, 0.05) is 10.9 Å². The fraction of sp³-hybridized carbons (Fsp3) is 0.0769. The summed E-state index contributed by atoms with van der Waals surface area (Å²) in [5.74, 6) is -3.51. The molecule has 0 aliphatic heterocycles. The van der Waals surface area contributed by atoms with Gasteiger partial charge in [-0.25, -0.2) is 0 Å². The summed E-state index contributed by atoms with van der Waals surface area (Å²) in [6.45, 7) is 0. The zero-order chi connectivity index (χ0) is 16.7. The van der Waals surface area contributed by atoms with Crippen LogP contribution in [0.2, 0.25) is 0 Å². The lowest BCUT2D eigenvalue weighted by Crippen LogP contribution is -2.06. The van der Waals surface area contributed by atoms with E-state index in [9.17, 15) is 29.5 Å². The molecule has 0 aliphatic carbocycles. The van der Waals surface area contributed by atoms with E-state index in [1.807, 2.05) is 0 Å². The molecule has 0 atom stereocenters. The second-order valence-electron chi connectivity index (χ2n) is 4.57. The van der Waals surface area contributed by atoms with Crippen molar-refractivity contribution in [3.8, 4) is 17.2 Å². The Morgan fingerprint density at radius 3 is 2.32 bits per heavy atom. The molecule has 22 heavy (non-hydrogen) atoms. The summed E-state index contributed by atoms with van der Waals surface area (Å²) in [5, 5.41) is 28.7. The topological polar surface area (TPSA) is 152 Å². The van der Waals surface area contributed by atoms with Gasteiger partial charge in [0.2, 0.25) is 5.43 Å². The van der Waals surface area contributed by atoms with Gasteiger partial charge in [0.15, 0.2) is 23.0 Å². The van der Waals surface area contributed by atoms with Crippen molar-refractivity contribution < 1.29 is 34.5 Å². The van der Waals surface area contributed by atoms with E-state index >= 15 is 0 Å². The van der Waals surface area contributed by atoms with Crippen LogP contribution in [0.1, 0.15) is 10.4 Å². The minimum Gasteiger partial charge on any atom is -0.504 e. The zero-order valence-electron chi connectivity index (χ0n) is 10.9. The van der Waals surface area contributed by atoms with E-state index in [2.05, 4.69) is 0 Å². The van der Waals surface area contributed by atoms with Gasteiger partial charge in [-0.3, -0.25) is 14.2 Å². The van der Waals surface area contributed by atoms with Crippen molar-refractivity contribution in [3.05, 3.63) is 40.1 Å². The predicted molar refractivity (Wildman–Crippen MR) is 76.5 cm³/mol. The zero-order valence-corrected chi connectivity index (χ0v) is 11.8. The van der Waals surface area contributed by atoms with Crippen LogP contribution in [0.5, 0.6) is 17.2 Å². The highest BCUT2D eigenvalue weighted by molar-refractivity contribution is 7.52. The number of aromatic hydroxyl groups is 3. The van der Waals surface area contributed by atoms with Crippen molar-refractivity contribution in [3.63, 3.8) is 0 Å². The van der Waals surface area contributed by atoms with E-state index in [-0.39, 0.29) is 10.9 Å². The summed E-state index contributed by atoms with van der Waals surface area (Å²) in [4.78, 5) is 41.3. The maximum atomic E-state index is 12.0. The number of fused-ring (bicyclic) bond motifs is 1. The number of Topliss-reactive ketones (excluding diaryl/α,β-unsaturated/α-hetero) is 1. The summed E-state index contributed by atoms with van der Waals surface area (Å²) in [7, 11) is -4.65. The number of ketones is 1. The van der Waals surface area contributed by atoms with Crippen LogP contribution in [-0.2, 0) is 4.57 Å². The van der Waals surface area contributed by atoms with Gasteiger partial charge in [0.1, 0.15) is 6.16 Å². The number of phenols is 2. The summed E-state index contributed by atoms with van der Waals surface area (Å²) >= 11 is 0. The summed E-state index contributed by atoms with van der Waals surface area (Å²) in [6.07, 6.45) is -1.12. The van der Waals surface area contributed by atoms with Crippen LogP contribution in [0.4, 0.5) is 0 Å². The van der Waals surface area contributed by atoms with Gasteiger partial charge in [0.05, 0.1) is 5.39 Å². The first kappa shape index (κ1) is 16.0. The number of rotatable bonds is 3. The molecule has 0 spiro atoms.